The minimum Gasteiger partial charge on any atom is -0.340 e. The van der Waals surface area contributed by atoms with Gasteiger partial charge in [0.05, 0.1) is 17.2 Å². The Morgan fingerprint density at radius 3 is 2.42 bits per heavy atom. The lowest BCUT2D eigenvalue weighted by molar-refractivity contribution is -0.168. The van der Waals surface area contributed by atoms with E-state index in [1.807, 2.05) is 0 Å². The van der Waals surface area contributed by atoms with Gasteiger partial charge in [0.15, 0.2) is 0 Å². The molecule has 1 atom stereocenters. The molecule has 0 aliphatic carbocycles. The second-order valence-electron chi connectivity index (χ2n) is 8.03. The molecule has 2 aliphatic rings. The van der Waals surface area contributed by atoms with Gasteiger partial charge in [-0.3, -0.25) is 0 Å². The van der Waals surface area contributed by atoms with Crippen LogP contribution in [0.2, 0.25) is 0 Å². The molecule has 0 bridgehead atoms. The summed E-state index contributed by atoms with van der Waals surface area (Å²) in [7, 11) is 0. The number of halogens is 6. The molecule has 1 aromatic heterocycles. The van der Waals surface area contributed by atoms with Crippen molar-refractivity contribution in [1.82, 2.24) is 15.3 Å². The van der Waals surface area contributed by atoms with Gasteiger partial charge in [-0.15, -0.1) is 0 Å². The molecular formula is C21H26F6N6. The van der Waals surface area contributed by atoms with Crippen LogP contribution in [-0.4, -0.2) is 55.2 Å². The topological polar surface area (TPSA) is 65.4 Å². The van der Waals surface area contributed by atoms with Gasteiger partial charge >= 0.3 is 12.4 Å². The fourth-order valence-electron chi connectivity index (χ4n) is 3.92. The predicted octanol–water partition coefficient (Wildman–Crippen LogP) is 4.79. The fraction of sp³-hybridized carbons (Fsp3) is 0.571. The molecule has 2 N–H and O–H groups in total. The average Bonchev–Trinajstić information content (AvgIpc) is 3.27. The maximum absolute atomic E-state index is 13.2. The number of anilines is 2. The quantitative estimate of drug-likeness (QED) is 0.351. The largest absolute Gasteiger partial charge is 0.416 e. The Hall–Kier alpha value is -2.63. The first-order chi connectivity index (χ1) is 15.5. The molecule has 0 radical (unpaired) electrons. The second-order valence-corrected chi connectivity index (χ2v) is 8.03. The summed E-state index contributed by atoms with van der Waals surface area (Å²) in [5.74, 6) is -1.34. The Labute approximate surface area is 187 Å². The Morgan fingerprint density at radius 2 is 1.88 bits per heavy atom. The number of alkyl halides is 6. The van der Waals surface area contributed by atoms with E-state index in [1.165, 1.54) is 11.8 Å². The summed E-state index contributed by atoms with van der Waals surface area (Å²) < 4.78 is 78.9. The molecule has 182 valence electrons. The third-order valence-electron chi connectivity index (χ3n) is 5.78. The van der Waals surface area contributed by atoms with Crippen molar-refractivity contribution in [2.75, 3.05) is 36.4 Å². The van der Waals surface area contributed by atoms with Gasteiger partial charge in [0, 0.05) is 25.1 Å². The van der Waals surface area contributed by atoms with Gasteiger partial charge in [-0.05, 0) is 52.1 Å². The average molecular weight is 476 g/mol. The highest BCUT2D eigenvalue weighted by atomic mass is 19.4. The minimum absolute atomic E-state index is 0.0555. The zero-order valence-corrected chi connectivity index (χ0v) is 18.1. The van der Waals surface area contributed by atoms with E-state index >= 15 is 0 Å². The van der Waals surface area contributed by atoms with Crippen LogP contribution in [0.5, 0.6) is 0 Å². The summed E-state index contributed by atoms with van der Waals surface area (Å²) >= 11 is 0. The van der Waals surface area contributed by atoms with Crippen molar-refractivity contribution in [3.8, 4) is 0 Å². The number of allylic oxidation sites excluding steroid dienone is 3. The number of aromatic nitrogens is 2. The van der Waals surface area contributed by atoms with Gasteiger partial charge in [0.25, 0.3) is 0 Å². The van der Waals surface area contributed by atoms with Crippen molar-refractivity contribution in [1.29, 1.82) is 0 Å². The normalized spacial score (nSPS) is 21.4. The number of aliphatic imine (C=N–C) groups is 1. The first kappa shape index (κ1) is 25.0. The van der Waals surface area contributed by atoms with Crippen LogP contribution in [0.1, 0.15) is 37.8 Å². The maximum Gasteiger partial charge on any atom is 0.416 e. The SMILES string of the molecule is C=N/C(=C\C(=C/C)C(F)(F)F)Nc1cc(C2CCNCC2)nc(N2CCC(C(F)(F)F)C2)n1. The number of hydrogen-bond acceptors (Lipinski definition) is 6. The van der Waals surface area contributed by atoms with Crippen LogP contribution in [0.4, 0.5) is 38.1 Å². The standard InChI is InChI=1S/C21H26F6N6/c1-3-14(20(22,23)24)10-17(28-2)31-18-11-16(13-4-7-29-8-5-13)30-19(32-18)33-9-6-15(12-33)21(25,26)27/h3,10-11,13,15,29H,2,4-9,12H2,1H3,(H,30,31,32)/b14-3+,17-10+. The Bertz CT molecular complexity index is 901. The summed E-state index contributed by atoms with van der Waals surface area (Å²) in [5, 5.41) is 5.96. The Kier molecular flexibility index (Phi) is 7.65. The van der Waals surface area contributed by atoms with Crippen LogP contribution in [-0.2, 0) is 0 Å². The first-order valence-corrected chi connectivity index (χ1v) is 10.6. The van der Waals surface area contributed by atoms with E-state index in [0.29, 0.717) is 5.69 Å². The number of rotatable bonds is 6. The van der Waals surface area contributed by atoms with Crippen molar-refractivity contribution in [2.24, 2.45) is 10.9 Å². The van der Waals surface area contributed by atoms with E-state index < -0.39 is 23.8 Å². The van der Waals surface area contributed by atoms with Crippen molar-refractivity contribution >= 4 is 18.5 Å². The molecule has 3 heterocycles. The van der Waals surface area contributed by atoms with E-state index in [4.69, 9.17) is 0 Å². The Balaban J connectivity index is 1.93. The molecule has 1 unspecified atom stereocenters. The van der Waals surface area contributed by atoms with Crippen LogP contribution in [0.25, 0.3) is 0 Å². The number of hydrogen-bond donors (Lipinski definition) is 2. The molecular weight excluding hydrogens is 450 g/mol. The molecule has 3 rings (SSSR count). The van der Waals surface area contributed by atoms with Gasteiger partial charge in [0.1, 0.15) is 11.6 Å². The molecule has 0 aromatic carbocycles. The lowest BCUT2D eigenvalue weighted by Gasteiger charge is -2.25. The van der Waals surface area contributed by atoms with Gasteiger partial charge in [-0.2, -0.15) is 31.3 Å². The molecule has 2 saturated heterocycles. The number of piperidine rings is 1. The minimum atomic E-state index is -4.58. The highest BCUT2D eigenvalue weighted by molar-refractivity contribution is 5.51. The van der Waals surface area contributed by atoms with Crippen LogP contribution >= 0.6 is 0 Å². The van der Waals surface area contributed by atoms with Crippen LogP contribution < -0.4 is 15.5 Å². The molecule has 12 heteroatoms. The third-order valence-corrected chi connectivity index (χ3v) is 5.78. The van der Waals surface area contributed by atoms with Crippen LogP contribution in [0, 0.1) is 5.92 Å². The number of nitrogens with zero attached hydrogens (tertiary/aromatic N) is 4. The summed E-state index contributed by atoms with van der Waals surface area (Å²) in [6, 6.07) is 1.61. The van der Waals surface area contributed by atoms with E-state index in [-0.39, 0.29) is 43.0 Å². The lowest BCUT2D eigenvalue weighted by Crippen LogP contribution is -2.30. The third kappa shape index (κ3) is 6.46. The molecule has 6 nitrogen and oxygen atoms in total. The smallest absolute Gasteiger partial charge is 0.340 e. The molecule has 0 saturated carbocycles. The molecule has 1 aromatic rings. The van der Waals surface area contributed by atoms with Crippen LogP contribution in [0.3, 0.4) is 0 Å². The van der Waals surface area contributed by atoms with Gasteiger partial charge in [0.2, 0.25) is 5.95 Å². The highest BCUT2D eigenvalue weighted by Gasteiger charge is 2.44. The summed E-state index contributed by atoms with van der Waals surface area (Å²) in [5.41, 5.74) is -0.289. The van der Waals surface area contributed by atoms with Crippen molar-refractivity contribution < 1.29 is 26.3 Å². The molecule has 0 amide bonds. The zero-order chi connectivity index (χ0) is 24.2. The maximum atomic E-state index is 13.2. The second kappa shape index (κ2) is 10.1. The van der Waals surface area contributed by atoms with E-state index in [2.05, 4.69) is 32.3 Å². The highest BCUT2D eigenvalue weighted by Crippen LogP contribution is 2.36. The molecule has 2 fully saturated rings. The lowest BCUT2D eigenvalue weighted by atomic mass is 9.94. The summed E-state index contributed by atoms with van der Waals surface area (Å²) in [6.07, 6.45) is -5.70. The number of nitrogens with one attached hydrogen (secondary N) is 2. The molecule has 0 spiro atoms. The van der Waals surface area contributed by atoms with Crippen LogP contribution in [0.15, 0.2) is 34.6 Å². The zero-order valence-electron chi connectivity index (χ0n) is 18.1. The molecule has 2 aliphatic heterocycles. The Morgan fingerprint density at radius 1 is 1.18 bits per heavy atom. The van der Waals surface area contributed by atoms with E-state index in [1.54, 1.807) is 6.07 Å². The van der Waals surface area contributed by atoms with E-state index in [0.717, 1.165) is 38.1 Å². The van der Waals surface area contributed by atoms with Gasteiger partial charge < -0.3 is 15.5 Å². The van der Waals surface area contributed by atoms with Gasteiger partial charge in [-0.1, -0.05) is 6.08 Å². The monoisotopic (exact) mass is 476 g/mol. The summed E-state index contributed by atoms with van der Waals surface area (Å²) in [6.45, 7) is 5.97. The van der Waals surface area contributed by atoms with Crippen molar-refractivity contribution in [3.63, 3.8) is 0 Å². The molecule has 33 heavy (non-hydrogen) atoms. The predicted molar refractivity (Wildman–Crippen MR) is 114 cm³/mol. The fourth-order valence-corrected chi connectivity index (χ4v) is 3.92. The van der Waals surface area contributed by atoms with Crippen molar-refractivity contribution in [3.05, 3.63) is 35.3 Å². The van der Waals surface area contributed by atoms with E-state index in [9.17, 15) is 26.3 Å². The van der Waals surface area contributed by atoms with Crippen molar-refractivity contribution in [2.45, 2.75) is 44.5 Å². The summed E-state index contributed by atoms with van der Waals surface area (Å²) in [4.78, 5) is 13.9. The first-order valence-electron chi connectivity index (χ1n) is 10.6. The van der Waals surface area contributed by atoms with Gasteiger partial charge in [-0.25, -0.2) is 9.98 Å².